The Bertz CT molecular complexity index is 347. The van der Waals surface area contributed by atoms with Crippen LogP contribution in [0.1, 0.15) is 13.8 Å². The summed E-state index contributed by atoms with van der Waals surface area (Å²) in [6.45, 7) is 3.33. The zero-order valence-corrected chi connectivity index (χ0v) is 9.41. The van der Waals surface area contributed by atoms with E-state index >= 15 is 0 Å². The van der Waals surface area contributed by atoms with Gasteiger partial charge in [0.15, 0.2) is 0 Å². The lowest BCUT2D eigenvalue weighted by molar-refractivity contribution is -0.120. The van der Waals surface area contributed by atoms with Gasteiger partial charge in [0.25, 0.3) is 0 Å². The normalized spacial score (nSPS) is 11.0. The van der Waals surface area contributed by atoms with Crippen LogP contribution in [0, 0.1) is 5.41 Å². The summed E-state index contributed by atoms with van der Waals surface area (Å²) in [5.74, 6) is -0.254. The van der Waals surface area contributed by atoms with Crippen molar-refractivity contribution in [3.8, 4) is 0 Å². The molecular formula is C7H10N4OS2. The third-order valence-electron chi connectivity index (χ3n) is 1.78. The van der Waals surface area contributed by atoms with Gasteiger partial charge in [-0.3, -0.25) is 4.79 Å². The van der Waals surface area contributed by atoms with E-state index in [1.807, 2.05) is 0 Å². The van der Waals surface area contributed by atoms with Gasteiger partial charge in [-0.25, -0.2) is 0 Å². The van der Waals surface area contributed by atoms with Gasteiger partial charge in [0.1, 0.15) is 5.00 Å². The molecule has 0 fully saturated rings. The number of hydrogen-bond donors (Lipinski definition) is 2. The Morgan fingerprint density at radius 1 is 1.71 bits per heavy atom. The molecule has 0 spiro atoms. The number of nitrogens with one attached hydrogen (secondary N) is 1. The number of thiocarbonyl (C=S) groups is 1. The molecule has 0 saturated heterocycles. The third-order valence-corrected chi connectivity index (χ3v) is 2.87. The van der Waals surface area contributed by atoms with E-state index < -0.39 is 5.41 Å². The van der Waals surface area contributed by atoms with Crippen LogP contribution in [0.15, 0.2) is 6.20 Å². The second-order valence-electron chi connectivity index (χ2n) is 3.23. The van der Waals surface area contributed by atoms with Crippen molar-refractivity contribution in [2.45, 2.75) is 13.8 Å². The van der Waals surface area contributed by atoms with Crippen LogP contribution in [0.3, 0.4) is 0 Å². The van der Waals surface area contributed by atoms with Crippen molar-refractivity contribution in [3.05, 3.63) is 6.20 Å². The molecule has 0 unspecified atom stereocenters. The van der Waals surface area contributed by atoms with Gasteiger partial charge in [-0.1, -0.05) is 16.7 Å². The summed E-state index contributed by atoms with van der Waals surface area (Å²) < 4.78 is 3.61. The highest BCUT2D eigenvalue weighted by Crippen LogP contribution is 2.19. The average Bonchev–Trinajstić information content (AvgIpc) is 2.56. The zero-order valence-electron chi connectivity index (χ0n) is 7.77. The average molecular weight is 230 g/mol. The van der Waals surface area contributed by atoms with Gasteiger partial charge >= 0.3 is 0 Å². The molecule has 1 aromatic rings. The largest absolute Gasteiger partial charge is 0.392 e. The smallest absolute Gasteiger partial charge is 0.237 e. The Hall–Kier alpha value is -1.08. The molecule has 0 bridgehead atoms. The minimum atomic E-state index is -0.862. The molecular weight excluding hydrogens is 220 g/mol. The first-order valence-corrected chi connectivity index (χ1v) is 5.01. The van der Waals surface area contributed by atoms with Gasteiger partial charge < -0.3 is 11.1 Å². The standard InChI is InChI=1S/C7H10N4OS2/c1-7(2,5(8)13)6(12)10-4-3-9-11-14-4/h3H,1-2H3,(H2,8,13)(H,10,12). The number of nitrogens with zero attached hydrogens (tertiary/aromatic N) is 2. The third kappa shape index (κ3) is 2.24. The number of carbonyl (C=O) groups excluding carboxylic acids is 1. The molecule has 76 valence electrons. The Morgan fingerprint density at radius 3 is 2.79 bits per heavy atom. The number of nitrogens with two attached hydrogens (primary N) is 1. The maximum Gasteiger partial charge on any atom is 0.237 e. The van der Waals surface area contributed by atoms with E-state index in [1.165, 1.54) is 6.20 Å². The first-order valence-electron chi connectivity index (χ1n) is 3.83. The van der Waals surface area contributed by atoms with Crippen molar-refractivity contribution in [1.82, 2.24) is 9.59 Å². The van der Waals surface area contributed by atoms with E-state index in [-0.39, 0.29) is 10.9 Å². The van der Waals surface area contributed by atoms with Crippen molar-refractivity contribution in [3.63, 3.8) is 0 Å². The number of rotatable bonds is 3. The van der Waals surface area contributed by atoms with E-state index in [1.54, 1.807) is 13.8 Å². The minimum Gasteiger partial charge on any atom is -0.392 e. The number of anilines is 1. The van der Waals surface area contributed by atoms with Crippen molar-refractivity contribution in [2.24, 2.45) is 11.1 Å². The first kappa shape index (κ1) is 11.0. The molecule has 0 aromatic carbocycles. The minimum absolute atomic E-state index is 0.160. The predicted octanol–water partition coefficient (Wildman–Crippen LogP) is 0.789. The topological polar surface area (TPSA) is 80.9 Å². The lowest BCUT2D eigenvalue weighted by Crippen LogP contribution is -2.41. The molecule has 1 heterocycles. The molecule has 0 radical (unpaired) electrons. The van der Waals surface area contributed by atoms with Gasteiger partial charge in [-0.15, -0.1) is 5.10 Å². The summed E-state index contributed by atoms with van der Waals surface area (Å²) in [5.41, 5.74) is 4.58. The Labute approximate surface area is 90.9 Å². The van der Waals surface area contributed by atoms with Crippen LogP contribution < -0.4 is 11.1 Å². The fourth-order valence-corrected chi connectivity index (χ4v) is 1.11. The highest BCUT2D eigenvalue weighted by atomic mass is 32.1. The van der Waals surface area contributed by atoms with Crippen LogP contribution in [0.5, 0.6) is 0 Å². The van der Waals surface area contributed by atoms with Gasteiger partial charge in [0.05, 0.1) is 16.6 Å². The van der Waals surface area contributed by atoms with Crippen LogP contribution in [0.4, 0.5) is 5.00 Å². The van der Waals surface area contributed by atoms with E-state index in [0.717, 1.165) is 11.5 Å². The van der Waals surface area contributed by atoms with Crippen molar-refractivity contribution >= 4 is 39.6 Å². The molecule has 1 amide bonds. The second kappa shape index (κ2) is 3.97. The summed E-state index contributed by atoms with van der Waals surface area (Å²) in [4.78, 5) is 11.8. The SMILES string of the molecule is CC(C)(C(=O)Nc1cnns1)C(N)=S. The number of carbonyl (C=O) groups is 1. The fraction of sp³-hybridized carbons (Fsp3) is 0.429. The molecule has 7 heteroatoms. The molecule has 0 saturated carbocycles. The highest BCUT2D eigenvalue weighted by Gasteiger charge is 2.31. The van der Waals surface area contributed by atoms with Crippen LogP contribution in [-0.2, 0) is 4.79 Å². The summed E-state index contributed by atoms with van der Waals surface area (Å²) in [6, 6.07) is 0. The number of hydrogen-bond acceptors (Lipinski definition) is 5. The summed E-state index contributed by atoms with van der Waals surface area (Å²) >= 11 is 5.89. The number of aromatic nitrogens is 2. The molecule has 0 aliphatic carbocycles. The van der Waals surface area contributed by atoms with Crippen molar-refractivity contribution in [1.29, 1.82) is 0 Å². The van der Waals surface area contributed by atoms with Crippen LogP contribution in [0.25, 0.3) is 0 Å². The Balaban J connectivity index is 2.72. The first-order chi connectivity index (χ1) is 6.44. The Morgan fingerprint density at radius 2 is 2.36 bits per heavy atom. The molecule has 3 N–H and O–H groups in total. The predicted molar refractivity (Wildman–Crippen MR) is 59.1 cm³/mol. The van der Waals surface area contributed by atoms with E-state index in [4.69, 9.17) is 18.0 Å². The van der Waals surface area contributed by atoms with Gasteiger partial charge in [-0.2, -0.15) is 0 Å². The summed E-state index contributed by atoms with van der Waals surface area (Å²) in [5, 5.41) is 6.81. The van der Waals surface area contributed by atoms with Crippen LogP contribution in [-0.4, -0.2) is 20.5 Å². The highest BCUT2D eigenvalue weighted by molar-refractivity contribution is 7.80. The molecule has 14 heavy (non-hydrogen) atoms. The molecule has 0 atom stereocenters. The van der Waals surface area contributed by atoms with Gasteiger partial charge in [0, 0.05) is 11.5 Å². The van der Waals surface area contributed by atoms with Crippen molar-refractivity contribution in [2.75, 3.05) is 5.32 Å². The van der Waals surface area contributed by atoms with Gasteiger partial charge in [-0.05, 0) is 13.8 Å². The quantitative estimate of drug-likeness (QED) is 0.750. The zero-order chi connectivity index (χ0) is 10.8. The lowest BCUT2D eigenvalue weighted by Gasteiger charge is -2.20. The molecule has 0 aliphatic heterocycles. The van der Waals surface area contributed by atoms with Crippen molar-refractivity contribution < 1.29 is 4.79 Å². The summed E-state index contributed by atoms with van der Waals surface area (Å²) in [6.07, 6.45) is 1.47. The van der Waals surface area contributed by atoms with Crippen LogP contribution in [0.2, 0.25) is 0 Å². The maximum absolute atomic E-state index is 11.6. The fourth-order valence-electron chi connectivity index (χ4n) is 0.602. The maximum atomic E-state index is 11.6. The molecule has 5 nitrogen and oxygen atoms in total. The second-order valence-corrected chi connectivity index (χ2v) is 4.45. The molecule has 1 aromatic heterocycles. The molecule has 0 aliphatic rings. The van der Waals surface area contributed by atoms with Gasteiger partial charge in [0.2, 0.25) is 5.91 Å². The van der Waals surface area contributed by atoms with E-state index in [0.29, 0.717) is 5.00 Å². The van der Waals surface area contributed by atoms with Crippen LogP contribution >= 0.6 is 23.8 Å². The summed E-state index contributed by atoms with van der Waals surface area (Å²) in [7, 11) is 0. The Kier molecular flexibility index (Phi) is 3.12. The van der Waals surface area contributed by atoms with E-state index in [2.05, 4.69) is 14.9 Å². The van der Waals surface area contributed by atoms with E-state index in [9.17, 15) is 4.79 Å². The molecule has 1 rings (SSSR count). The monoisotopic (exact) mass is 230 g/mol. The lowest BCUT2D eigenvalue weighted by atomic mass is 9.92. The number of amides is 1.